The molecule has 1 aliphatic carbocycles. The normalized spacial score (nSPS) is 31.6. The summed E-state index contributed by atoms with van der Waals surface area (Å²) in [5.74, 6) is 1.16. The summed E-state index contributed by atoms with van der Waals surface area (Å²) in [6.45, 7) is 0.801. The second-order valence-electron chi connectivity index (χ2n) is 5.41. The van der Waals surface area contributed by atoms with Gasteiger partial charge in [-0.2, -0.15) is 5.26 Å². The third kappa shape index (κ3) is 2.11. The number of anilines is 1. The van der Waals surface area contributed by atoms with Crippen molar-refractivity contribution in [3.63, 3.8) is 0 Å². The molecule has 1 aromatic carbocycles. The Hall–Kier alpha value is -1.77. The van der Waals surface area contributed by atoms with E-state index >= 15 is 0 Å². The van der Waals surface area contributed by atoms with Gasteiger partial charge in [-0.05, 0) is 25.0 Å². The molecule has 0 aromatic heterocycles. The highest BCUT2D eigenvalue weighted by atomic mass is 16.5. The number of fused-ring (bicyclic) bond motifs is 1. The first-order chi connectivity index (χ1) is 9.74. The molecule has 20 heavy (non-hydrogen) atoms. The monoisotopic (exact) mass is 273 g/mol. The lowest BCUT2D eigenvalue weighted by atomic mass is 9.68. The first kappa shape index (κ1) is 13.2. The molecule has 1 heterocycles. The van der Waals surface area contributed by atoms with Gasteiger partial charge in [0.15, 0.2) is 0 Å². The van der Waals surface area contributed by atoms with E-state index in [2.05, 4.69) is 11.4 Å². The summed E-state index contributed by atoms with van der Waals surface area (Å²) in [5, 5.41) is 12.6. The standard InChI is InChI=1S/C15H19N3O2/c1-19-10-5-4-9(8-16)12(7-10)18-14-13(17)11-3-2-6-20-15(11)14/h4-5,7,11,13-15,18H,2-3,6,17H2,1H3. The topological polar surface area (TPSA) is 80.3 Å². The van der Waals surface area contributed by atoms with Crippen LogP contribution in [0, 0.1) is 17.2 Å². The molecule has 2 fully saturated rings. The van der Waals surface area contributed by atoms with Crippen LogP contribution in [-0.2, 0) is 4.74 Å². The zero-order valence-electron chi connectivity index (χ0n) is 11.5. The number of ether oxygens (including phenoxy) is 2. The van der Waals surface area contributed by atoms with Gasteiger partial charge in [-0.1, -0.05) is 0 Å². The van der Waals surface area contributed by atoms with E-state index in [4.69, 9.17) is 15.2 Å². The van der Waals surface area contributed by atoms with Crippen molar-refractivity contribution in [2.45, 2.75) is 31.0 Å². The van der Waals surface area contributed by atoms with Gasteiger partial charge in [-0.25, -0.2) is 0 Å². The predicted octanol–water partition coefficient (Wildman–Crippen LogP) is 1.48. The summed E-state index contributed by atoms with van der Waals surface area (Å²) in [4.78, 5) is 0. The van der Waals surface area contributed by atoms with E-state index in [0.717, 1.165) is 30.9 Å². The van der Waals surface area contributed by atoms with Crippen molar-refractivity contribution in [1.82, 2.24) is 0 Å². The molecule has 3 N–H and O–H groups in total. The Morgan fingerprint density at radius 3 is 3.10 bits per heavy atom. The first-order valence-electron chi connectivity index (χ1n) is 6.96. The molecule has 1 saturated carbocycles. The van der Waals surface area contributed by atoms with E-state index in [1.165, 1.54) is 0 Å². The molecule has 0 radical (unpaired) electrons. The summed E-state index contributed by atoms with van der Waals surface area (Å²) in [5.41, 5.74) is 7.59. The van der Waals surface area contributed by atoms with Gasteiger partial charge in [0.1, 0.15) is 11.8 Å². The average Bonchev–Trinajstić information content (AvgIpc) is 2.51. The fourth-order valence-electron chi connectivity index (χ4n) is 3.17. The van der Waals surface area contributed by atoms with Crippen LogP contribution in [0.15, 0.2) is 18.2 Å². The highest BCUT2D eigenvalue weighted by Crippen LogP contribution is 2.39. The van der Waals surface area contributed by atoms with Crippen LogP contribution in [0.25, 0.3) is 0 Å². The van der Waals surface area contributed by atoms with Gasteiger partial charge in [0, 0.05) is 24.6 Å². The Balaban J connectivity index is 1.79. The number of hydrogen-bond acceptors (Lipinski definition) is 5. The second-order valence-corrected chi connectivity index (χ2v) is 5.41. The predicted molar refractivity (Wildman–Crippen MR) is 75.6 cm³/mol. The zero-order chi connectivity index (χ0) is 14.1. The summed E-state index contributed by atoms with van der Waals surface area (Å²) >= 11 is 0. The highest BCUT2D eigenvalue weighted by molar-refractivity contribution is 5.61. The van der Waals surface area contributed by atoms with E-state index in [-0.39, 0.29) is 18.2 Å². The summed E-state index contributed by atoms with van der Waals surface area (Å²) in [6.07, 6.45) is 2.38. The maximum atomic E-state index is 9.19. The third-order valence-corrected chi connectivity index (χ3v) is 4.35. The second kappa shape index (κ2) is 5.31. The molecule has 1 aliphatic heterocycles. The summed E-state index contributed by atoms with van der Waals surface area (Å²) in [7, 11) is 1.61. The van der Waals surface area contributed by atoms with Crippen LogP contribution in [0.5, 0.6) is 5.75 Å². The van der Waals surface area contributed by atoms with Crippen LogP contribution in [0.1, 0.15) is 18.4 Å². The lowest BCUT2D eigenvalue weighted by Crippen LogP contribution is -2.69. The number of benzene rings is 1. The van der Waals surface area contributed by atoms with Crippen LogP contribution in [-0.4, -0.2) is 31.9 Å². The van der Waals surface area contributed by atoms with Gasteiger partial charge in [0.2, 0.25) is 0 Å². The smallest absolute Gasteiger partial charge is 0.121 e. The number of nitriles is 1. The van der Waals surface area contributed by atoms with Crippen molar-refractivity contribution in [2.75, 3.05) is 19.0 Å². The van der Waals surface area contributed by atoms with Gasteiger partial charge in [0.05, 0.1) is 30.5 Å². The van der Waals surface area contributed by atoms with Gasteiger partial charge in [-0.15, -0.1) is 0 Å². The molecule has 3 rings (SSSR count). The molecule has 106 valence electrons. The minimum atomic E-state index is 0.0690. The number of hydrogen-bond donors (Lipinski definition) is 2. The quantitative estimate of drug-likeness (QED) is 0.872. The summed E-state index contributed by atoms with van der Waals surface area (Å²) in [6, 6.07) is 7.71. The summed E-state index contributed by atoms with van der Waals surface area (Å²) < 4.78 is 11.0. The lowest BCUT2D eigenvalue weighted by molar-refractivity contribution is -0.104. The largest absolute Gasteiger partial charge is 0.497 e. The molecule has 1 aromatic rings. The van der Waals surface area contributed by atoms with Crippen molar-refractivity contribution in [3.8, 4) is 11.8 Å². The average molecular weight is 273 g/mol. The van der Waals surface area contributed by atoms with Crippen LogP contribution < -0.4 is 15.8 Å². The first-order valence-corrected chi connectivity index (χ1v) is 6.96. The van der Waals surface area contributed by atoms with Crippen molar-refractivity contribution < 1.29 is 9.47 Å². The van der Waals surface area contributed by atoms with Crippen molar-refractivity contribution in [1.29, 1.82) is 5.26 Å². The highest BCUT2D eigenvalue weighted by Gasteiger charge is 2.50. The van der Waals surface area contributed by atoms with Gasteiger partial charge in [0.25, 0.3) is 0 Å². The molecule has 4 unspecified atom stereocenters. The minimum absolute atomic E-state index is 0.0690. The Labute approximate surface area is 118 Å². The lowest BCUT2D eigenvalue weighted by Gasteiger charge is -2.52. The van der Waals surface area contributed by atoms with Crippen molar-refractivity contribution >= 4 is 5.69 Å². The SMILES string of the molecule is COc1ccc(C#N)c(NC2C(N)C3CCCOC32)c1. The Morgan fingerprint density at radius 2 is 2.35 bits per heavy atom. The molecule has 1 saturated heterocycles. The number of nitrogens with one attached hydrogen (secondary N) is 1. The molecule has 0 spiro atoms. The van der Waals surface area contributed by atoms with E-state index in [1.807, 2.05) is 6.07 Å². The molecule has 5 heteroatoms. The Morgan fingerprint density at radius 1 is 1.50 bits per heavy atom. The van der Waals surface area contributed by atoms with Crippen LogP contribution in [0.4, 0.5) is 5.69 Å². The van der Waals surface area contributed by atoms with Gasteiger partial charge < -0.3 is 20.5 Å². The molecular weight excluding hydrogens is 254 g/mol. The maximum absolute atomic E-state index is 9.19. The number of rotatable bonds is 3. The van der Waals surface area contributed by atoms with Crippen LogP contribution in [0.3, 0.4) is 0 Å². The van der Waals surface area contributed by atoms with Crippen LogP contribution in [0.2, 0.25) is 0 Å². The van der Waals surface area contributed by atoms with E-state index in [0.29, 0.717) is 11.5 Å². The molecule has 0 amide bonds. The van der Waals surface area contributed by atoms with E-state index in [9.17, 15) is 5.26 Å². The number of methoxy groups -OCH3 is 1. The third-order valence-electron chi connectivity index (χ3n) is 4.35. The fourth-order valence-corrected chi connectivity index (χ4v) is 3.17. The molecule has 5 nitrogen and oxygen atoms in total. The van der Waals surface area contributed by atoms with Gasteiger partial charge in [-0.3, -0.25) is 0 Å². The Bertz CT molecular complexity index is 540. The molecular formula is C15H19N3O2. The minimum Gasteiger partial charge on any atom is -0.497 e. The molecule has 2 aliphatic rings. The fraction of sp³-hybridized carbons (Fsp3) is 0.533. The maximum Gasteiger partial charge on any atom is 0.121 e. The van der Waals surface area contributed by atoms with Crippen molar-refractivity contribution in [2.24, 2.45) is 11.7 Å². The zero-order valence-corrected chi connectivity index (χ0v) is 11.5. The van der Waals surface area contributed by atoms with Crippen LogP contribution >= 0.6 is 0 Å². The molecule has 4 atom stereocenters. The Kier molecular flexibility index (Phi) is 3.51. The van der Waals surface area contributed by atoms with Crippen molar-refractivity contribution in [3.05, 3.63) is 23.8 Å². The molecule has 0 bridgehead atoms. The van der Waals surface area contributed by atoms with E-state index < -0.39 is 0 Å². The van der Waals surface area contributed by atoms with E-state index in [1.54, 1.807) is 19.2 Å². The number of nitrogens with zero attached hydrogens (tertiary/aromatic N) is 1. The number of nitrogens with two attached hydrogens (primary N) is 1. The van der Waals surface area contributed by atoms with Gasteiger partial charge >= 0.3 is 0 Å².